The molecule has 0 radical (unpaired) electrons. The van der Waals surface area contributed by atoms with Crippen LogP contribution in [0.1, 0.15) is 48.7 Å². The van der Waals surface area contributed by atoms with Crippen molar-refractivity contribution in [3.8, 4) is 0 Å². The highest BCUT2D eigenvalue weighted by Crippen LogP contribution is 2.26. The maximum absolute atomic E-state index is 12.8. The van der Waals surface area contributed by atoms with Gasteiger partial charge in [0.2, 0.25) is 0 Å². The minimum absolute atomic E-state index is 0.0188. The number of rotatable bonds is 6. The van der Waals surface area contributed by atoms with Gasteiger partial charge in [-0.3, -0.25) is 4.79 Å². The minimum Gasteiger partial charge on any atom is -0.376 e. The molecule has 1 amide bonds. The zero-order chi connectivity index (χ0) is 16.2. The van der Waals surface area contributed by atoms with Crippen LogP contribution in [0.4, 0.5) is 0 Å². The minimum atomic E-state index is 0.0188. The zero-order valence-corrected chi connectivity index (χ0v) is 14.1. The number of para-hydroxylation sites is 1. The van der Waals surface area contributed by atoms with Crippen LogP contribution in [0.5, 0.6) is 0 Å². The Morgan fingerprint density at radius 1 is 1.39 bits per heavy atom. The summed E-state index contributed by atoms with van der Waals surface area (Å²) in [4.78, 5) is 12.8. The molecule has 1 saturated heterocycles. The molecule has 1 aliphatic heterocycles. The van der Waals surface area contributed by atoms with Crippen molar-refractivity contribution in [2.45, 2.75) is 52.2 Å². The Hall–Kier alpha value is -1.81. The van der Waals surface area contributed by atoms with E-state index in [0.717, 1.165) is 55.6 Å². The number of nitrogens with one attached hydrogen (secondary N) is 1. The van der Waals surface area contributed by atoms with Gasteiger partial charge in [0.25, 0.3) is 5.91 Å². The third kappa shape index (κ3) is 3.27. The van der Waals surface area contributed by atoms with Crippen molar-refractivity contribution in [3.63, 3.8) is 0 Å². The van der Waals surface area contributed by atoms with E-state index in [4.69, 9.17) is 4.74 Å². The number of fused-ring (bicyclic) bond motifs is 1. The summed E-state index contributed by atoms with van der Waals surface area (Å²) in [5.41, 5.74) is 3.03. The Labute approximate surface area is 137 Å². The predicted molar refractivity (Wildman–Crippen MR) is 92.9 cm³/mol. The fourth-order valence-electron chi connectivity index (χ4n) is 3.41. The van der Waals surface area contributed by atoms with Crippen LogP contribution in [0.3, 0.4) is 0 Å². The number of aryl methyl sites for hydroxylation is 2. The summed E-state index contributed by atoms with van der Waals surface area (Å²) < 4.78 is 7.78. The average Bonchev–Trinajstić information content (AvgIpc) is 3.18. The molecule has 4 heteroatoms. The number of carbonyl (C=O) groups is 1. The van der Waals surface area contributed by atoms with E-state index in [2.05, 4.69) is 28.9 Å². The molecular weight excluding hydrogens is 288 g/mol. The first-order valence-corrected chi connectivity index (χ1v) is 8.70. The first-order valence-electron chi connectivity index (χ1n) is 8.70. The van der Waals surface area contributed by atoms with E-state index < -0.39 is 0 Å². The topological polar surface area (TPSA) is 43.3 Å². The molecule has 124 valence electrons. The van der Waals surface area contributed by atoms with Gasteiger partial charge in [-0.15, -0.1) is 0 Å². The highest BCUT2D eigenvalue weighted by molar-refractivity contribution is 6.01. The lowest BCUT2D eigenvalue weighted by atomic mass is 10.1. The highest BCUT2D eigenvalue weighted by Gasteiger charge is 2.22. The second-order valence-corrected chi connectivity index (χ2v) is 6.34. The number of amides is 1. The standard InChI is InChI=1S/C19H26N2O2/c1-3-4-11-21-17-10-6-5-9-16(17)14(2)18(21)19(22)20-13-15-8-7-12-23-15/h5-6,9-10,15H,3-4,7-8,11-13H2,1-2H3,(H,20,22). The summed E-state index contributed by atoms with van der Waals surface area (Å²) >= 11 is 0. The van der Waals surface area contributed by atoms with Crippen molar-refractivity contribution in [1.82, 2.24) is 9.88 Å². The monoisotopic (exact) mass is 314 g/mol. The van der Waals surface area contributed by atoms with Gasteiger partial charge in [0.15, 0.2) is 0 Å². The van der Waals surface area contributed by atoms with E-state index in [1.807, 2.05) is 19.1 Å². The van der Waals surface area contributed by atoms with Crippen molar-refractivity contribution < 1.29 is 9.53 Å². The van der Waals surface area contributed by atoms with Crippen LogP contribution in [0, 0.1) is 6.92 Å². The number of hydrogen-bond donors (Lipinski definition) is 1. The third-order valence-corrected chi connectivity index (χ3v) is 4.69. The third-order valence-electron chi connectivity index (χ3n) is 4.69. The lowest BCUT2D eigenvalue weighted by molar-refractivity contribution is 0.0850. The lowest BCUT2D eigenvalue weighted by Crippen LogP contribution is -2.33. The van der Waals surface area contributed by atoms with Crippen LogP contribution in [-0.2, 0) is 11.3 Å². The molecule has 2 heterocycles. The molecule has 1 aromatic carbocycles. The number of aromatic nitrogens is 1. The maximum Gasteiger partial charge on any atom is 0.268 e. The molecule has 1 fully saturated rings. The van der Waals surface area contributed by atoms with E-state index in [1.165, 1.54) is 5.39 Å². The first-order chi connectivity index (χ1) is 11.2. The molecule has 23 heavy (non-hydrogen) atoms. The van der Waals surface area contributed by atoms with E-state index in [-0.39, 0.29) is 12.0 Å². The normalized spacial score (nSPS) is 17.7. The van der Waals surface area contributed by atoms with Gasteiger partial charge < -0.3 is 14.6 Å². The van der Waals surface area contributed by atoms with Gasteiger partial charge in [-0.1, -0.05) is 31.5 Å². The van der Waals surface area contributed by atoms with Crippen molar-refractivity contribution in [3.05, 3.63) is 35.5 Å². The van der Waals surface area contributed by atoms with E-state index in [1.54, 1.807) is 0 Å². The average molecular weight is 314 g/mol. The summed E-state index contributed by atoms with van der Waals surface area (Å²) in [6.45, 7) is 6.53. The van der Waals surface area contributed by atoms with Gasteiger partial charge in [-0.25, -0.2) is 0 Å². The molecule has 1 unspecified atom stereocenters. The number of nitrogens with zero attached hydrogens (tertiary/aromatic N) is 1. The van der Waals surface area contributed by atoms with Gasteiger partial charge in [0, 0.05) is 30.6 Å². The van der Waals surface area contributed by atoms with Crippen LogP contribution < -0.4 is 5.32 Å². The number of unbranched alkanes of at least 4 members (excludes halogenated alkanes) is 1. The Balaban J connectivity index is 1.87. The number of hydrogen-bond acceptors (Lipinski definition) is 2. The molecular formula is C19H26N2O2. The Bertz CT molecular complexity index is 684. The molecule has 1 aliphatic rings. The second kappa shape index (κ2) is 7.18. The molecule has 3 rings (SSSR count). The molecule has 2 aromatic rings. The van der Waals surface area contributed by atoms with Crippen LogP contribution in [0.15, 0.2) is 24.3 Å². The fraction of sp³-hybridized carbons (Fsp3) is 0.526. The Morgan fingerprint density at radius 2 is 2.22 bits per heavy atom. The quantitative estimate of drug-likeness (QED) is 0.884. The zero-order valence-electron chi connectivity index (χ0n) is 14.1. The summed E-state index contributed by atoms with van der Waals surface area (Å²) in [5, 5.41) is 4.25. The number of carbonyl (C=O) groups excluding carboxylic acids is 1. The van der Waals surface area contributed by atoms with Gasteiger partial charge in [-0.05, 0) is 37.8 Å². The van der Waals surface area contributed by atoms with Crippen LogP contribution in [0.2, 0.25) is 0 Å². The molecule has 4 nitrogen and oxygen atoms in total. The Kier molecular flexibility index (Phi) is 5.01. The summed E-state index contributed by atoms with van der Waals surface area (Å²) in [5.74, 6) is 0.0188. The van der Waals surface area contributed by atoms with Gasteiger partial charge in [0.1, 0.15) is 5.69 Å². The first kappa shape index (κ1) is 16.1. The molecule has 0 spiro atoms. The maximum atomic E-state index is 12.8. The molecule has 1 N–H and O–H groups in total. The molecule has 1 aromatic heterocycles. The van der Waals surface area contributed by atoms with Crippen LogP contribution in [0.25, 0.3) is 10.9 Å². The van der Waals surface area contributed by atoms with Gasteiger partial charge in [-0.2, -0.15) is 0 Å². The van der Waals surface area contributed by atoms with Crippen molar-refractivity contribution in [2.24, 2.45) is 0 Å². The molecule has 0 aliphatic carbocycles. The number of ether oxygens (including phenoxy) is 1. The van der Waals surface area contributed by atoms with E-state index in [9.17, 15) is 4.79 Å². The fourth-order valence-corrected chi connectivity index (χ4v) is 3.41. The van der Waals surface area contributed by atoms with Crippen LogP contribution >= 0.6 is 0 Å². The van der Waals surface area contributed by atoms with Gasteiger partial charge in [0.05, 0.1) is 6.10 Å². The molecule has 0 bridgehead atoms. The second-order valence-electron chi connectivity index (χ2n) is 6.34. The SMILES string of the molecule is CCCCn1c(C(=O)NCC2CCCO2)c(C)c2ccccc21. The van der Waals surface area contributed by atoms with E-state index >= 15 is 0 Å². The summed E-state index contributed by atoms with van der Waals surface area (Å²) in [6.07, 6.45) is 4.49. The largest absolute Gasteiger partial charge is 0.376 e. The summed E-state index contributed by atoms with van der Waals surface area (Å²) in [7, 11) is 0. The van der Waals surface area contributed by atoms with Crippen LogP contribution in [-0.4, -0.2) is 29.7 Å². The predicted octanol–water partition coefficient (Wildman–Crippen LogP) is 3.66. The van der Waals surface area contributed by atoms with Crippen molar-refractivity contribution in [1.29, 1.82) is 0 Å². The summed E-state index contributed by atoms with van der Waals surface area (Å²) in [6, 6.07) is 8.28. The van der Waals surface area contributed by atoms with Crippen molar-refractivity contribution >= 4 is 16.8 Å². The highest BCUT2D eigenvalue weighted by atomic mass is 16.5. The molecule has 1 atom stereocenters. The van der Waals surface area contributed by atoms with Crippen molar-refractivity contribution in [2.75, 3.05) is 13.2 Å². The lowest BCUT2D eigenvalue weighted by Gasteiger charge is -2.14. The number of benzene rings is 1. The van der Waals surface area contributed by atoms with Gasteiger partial charge >= 0.3 is 0 Å². The Morgan fingerprint density at radius 3 is 2.96 bits per heavy atom. The smallest absolute Gasteiger partial charge is 0.268 e. The molecule has 0 saturated carbocycles. The van der Waals surface area contributed by atoms with E-state index in [0.29, 0.717) is 6.54 Å².